The molecule has 0 bridgehead atoms. The molecule has 132 valence electrons. The Hall–Kier alpha value is -1.78. The molecule has 0 radical (unpaired) electrons. The second kappa shape index (κ2) is 7.63. The lowest BCUT2D eigenvalue weighted by atomic mass is 9.76. The van der Waals surface area contributed by atoms with Gasteiger partial charge in [0, 0.05) is 31.6 Å². The molecular formula is C21H27N3O. The fraction of sp³-hybridized carbons (Fsp3) is 0.524. The van der Waals surface area contributed by atoms with Crippen molar-refractivity contribution in [2.75, 3.05) is 26.2 Å². The Bertz CT molecular complexity index is 653. The zero-order valence-corrected chi connectivity index (χ0v) is 14.8. The average molecular weight is 337 g/mol. The molecule has 0 aliphatic carbocycles. The smallest absolute Gasteiger partial charge is 0.0637 e. The maximum atomic E-state index is 6.13. The number of piperidine rings is 1. The van der Waals surface area contributed by atoms with Gasteiger partial charge < -0.3 is 9.64 Å². The van der Waals surface area contributed by atoms with Gasteiger partial charge in [-0.2, -0.15) is 0 Å². The van der Waals surface area contributed by atoms with Crippen LogP contribution in [0.1, 0.15) is 30.5 Å². The molecule has 2 fully saturated rings. The molecule has 0 saturated carbocycles. The number of hydrogen-bond donors (Lipinski definition) is 0. The third-order valence-corrected chi connectivity index (χ3v) is 5.82. The molecule has 2 aromatic rings. The summed E-state index contributed by atoms with van der Waals surface area (Å²) in [6, 6.07) is 10.8. The zero-order valence-electron chi connectivity index (χ0n) is 14.8. The molecule has 1 aromatic carbocycles. The summed E-state index contributed by atoms with van der Waals surface area (Å²) in [7, 11) is 0. The Morgan fingerprint density at radius 2 is 1.96 bits per heavy atom. The van der Waals surface area contributed by atoms with Gasteiger partial charge in [-0.1, -0.05) is 30.3 Å². The maximum absolute atomic E-state index is 6.13. The summed E-state index contributed by atoms with van der Waals surface area (Å²) in [4.78, 5) is 11.2. The van der Waals surface area contributed by atoms with Crippen molar-refractivity contribution in [2.24, 2.45) is 5.41 Å². The van der Waals surface area contributed by atoms with Crippen LogP contribution in [0.4, 0.5) is 0 Å². The standard InChI is InChI=1S/C21H27N3O/c1-2-4-18(5-3-1)6-11-24-12-7-21(8-13-24)15-20(25-17-21)14-19-16-22-9-10-23-19/h1-5,9-10,16,20H,6-8,11-15,17H2/t20-/m1/s1. The summed E-state index contributed by atoms with van der Waals surface area (Å²) >= 11 is 0. The highest BCUT2D eigenvalue weighted by Gasteiger charge is 2.42. The first-order chi connectivity index (χ1) is 12.3. The Morgan fingerprint density at radius 1 is 1.12 bits per heavy atom. The van der Waals surface area contributed by atoms with Crippen LogP contribution in [0.3, 0.4) is 0 Å². The molecule has 4 rings (SSSR count). The fourth-order valence-electron chi connectivity index (χ4n) is 4.23. The summed E-state index contributed by atoms with van der Waals surface area (Å²) in [5.74, 6) is 0. The monoisotopic (exact) mass is 337 g/mol. The largest absolute Gasteiger partial charge is 0.377 e. The Labute approximate surface area is 150 Å². The van der Waals surface area contributed by atoms with Crippen molar-refractivity contribution < 1.29 is 4.74 Å². The lowest BCUT2D eigenvalue weighted by Crippen LogP contribution is -2.41. The van der Waals surface area contributed by atoms with Crippen LogP contribution in [-0.4, -0.2) is 47.2 Å². The Kier molecular flexibility index (Phi) is 5.09. The van der Waals surface area contributed by atoms with Crippen LogP contribution in [0.25, 0.3) is 0 Å². The van der Waals surface area contributed by atoms with Gasteiger partial charge in [0.1, 0.15) is 0 Å². The summed E-state index contributed by atoms with van der Waals surface area (Å²) in [6.07, 6.45) is 11.4. The van der Waals surface area contributed by atoms with Crippen molar-refractivity contribution in [1.29, 1.82) is 0 Å². The molecule has 0 amide bonds. The molecule has 3 heterocycles. The van der Waals surface area contributed by atoms with E-state index in [4.69, 9.17) is 4.74 Å². The van der Waals surface area contributed by atoms with Crippen LogP contribution in [0, 0.1) is 5.41 Å². The van der Waals surface area contributed by atoms with Crippen LogP contribution in [-0.2, 0) is 17.6 Å². The molecular weight excluding hydrogens is 310 g/mol. The van der Waals surface area contributed by atoms with Gasteiger partial charge in [0.05, 0.1) is 18.4 Å². The fourth-order valence-corrected chi connectivity index (χ4v) is 4.23. The van der Waals surface area contributed by atoms with E-state index >= 15 is 0 Å². The molecule has 1 aromatic heterocycles. The van der Waals surface area contributed by atoms with Crippen LogP contribution in [0.15, 0.2) is 48.9 Å². The number of nitrogens with zero attached hydrogens (tertiary/aromatic N) is 3. The van der Waals surface area contributed by atoms with Crippen LogP contribution in [0.2, 0.25) is 0 Å². The number of hydrogen-bond acceptors (Lipinski definition) is 4. The van der Waals surface area contributed by atoms with Crippen molar-refractivity contribution in [1.82, 2.24) is 14.9 Å². The van der Waals surface area contributed by atoms with Gasteiger partial charge in [-0.15, -0.1) is 0 Å². The molecule has 0 N–H and O–H groups in total. The van der Waals surface area contributed by atoms with Crippen LogP contribution >= 0.6 is 0 Å². The number of rotatable bonds is 5. The van der Waals surface area contributed by atoms with E-state index in [0.29, 0.717) is 11.5 Å². The zero-order chi connectivity index (χ0) is 17.0. The molecule has 1 spiro atoms. The molecule has 1 atom stereocenters. The van der Waals surface area contributed by atoms with Gasteiger partial charge in [-0.25, -0.2) is 0 Å². The molecule has 2 aliphatic rings. The minimum atomic E-state index is 0.313. The van der Waals surface area contributed by atoms with E-state index in [2.05, 4.69) is 45.2 Å². The lowest BCUT2D eigenvalue weighted by molar-refractivity contribution is 0.0653. The topological polar surface area (TPSA) is 38.2 Å². The van der Waals surface area contributed by atoms with E-state index in [-0.39, 0.29) is 0 Å². The van der Waals surface area contributed by atoms with E-state index < -0.39 is 0 Å². The summed E-state index contributed by atoms with van der Waals surface area (Å²) in [6.45, 7) is 4.50. The molecule has 2 aliphatic heterocycles. The first kappa shape index (κ1) is 16.7. The summed E-state index contributed by atoms with van der Waals surface area (Å²) in [5.41, 5.74) is 2.89. The van der Waals surface area contributed by atoms with Gasteiger partial charge >= 0.3 is 0 Å². The highest BCUT2D eigenvalue weighted by Crippen LogP contribution is 2.42. The van der Waals surface area contributed by atoms with Crippen molar-refractivity contribution in [3.63, 3.8) is 0 Å². The minimum absolute atomic E-state index is 0.313. The molecule has 0 unspecified atom stereocenters. The van der Waals surface area contributed by atoms with Crippen molar-refractivity contribution >= 4 is 0 Å². The number of aromatic nitrogens is 2. The third kappa shape index (κ3) is 4.25. The maximum Gasteiger partial charge on any atom is 0.0637 e. The minimum Gasteiger partial charge on any atom is -0.377 e. The molecule has 25 heavy (non-hydrogen) atoms. The van der Waals surface area contributed by atoms with E-state index in [1.807, 2.05) is 6.20 Å². The highest BCUT2D eigenvalue weighted by atomic mass is 16.5. The third-order valence-electron chi connectivity index (χ3n) is 5.82. The van der Waals surface area contributed by atoms with E-state index in [1.165, 1.54) is 44.5 Å². The predicted molar refractivity (Wildman–Crippen MR) is 98.3 cm³/mol. The first-order valence-electron chi connectivity index (χ1n) is 9.44. The lowest BCUT2D eigenvalue weighted by Gasteiger charge is -2.38. The summed E-state index contributed by atoms with van der Waals surface area (Å²) < 4.78 is 6.13. The van der Waals surface area contributed by atoms with Crippen LogP contribution in [0.5, 0.6) is 0 Å². The Morgan fingerprint density at radius 3 is 2.72 bits per heavy atom. The van der Waals surface area contributed by atoms with Crippen LogP contribution < -0.4 is 0 Å². The highest BCUT2D eigenvalue weighted by molar-refractivity contribution is 5.15. The van der Waals surface area contributed by atoms with E-state index in [1.54, 1.807) is 12.4 Å². The summed E-state index contributed by atoms with van der Waals surface area (Å²) in [5, 5.41) is 0. The van der Waals surface area contributed by atoms with Gasteiger partial charge in [0.2, 0.25) is 0 Å². The van der Waals surface area contributed by atoms with E-state index in [9.17, 15) is 0 Å². The van der Waals surface area contributed by atoms with Gasteiger partial charge in [0.25, 0.3) is 0 Å². The van der Waals surface area contributed by atoms with Crippen molar-refractivity contribution in [2.45, 2.75) is 38.2 Å². The number of benzene rings is 1. The quantitative estimate of drug-likeness (QED) is 0.840. The van der Waals surface area contributed by atoms with Gasteiger partial charge in [-0.05, 0) is 49.8 Å². The average Bonchev–Trinajstić information content (AvgIpc) is 3.05. The molecule has 2 saturated heterocycles. The van der Waals surface area contributed by atoms with Crippen molar-refractivity contribution in [3.8, 4) is 0 Å². The molecule has 4 nitrogen and oxygen atoms in total. The van der Waals surface area contributed by atoms with Gasteiger partial charge in [0.15, 0.2) is 0 Å². The molecule has 4 heteroatoms. The van der Waals surface area contributed by atoms with Crippen molar-refractivity contribution in [3.05, 3.63) is 60.2 Å². The second-order valence-electron chi connectivity index (χ2n) is 7.62. The normalized spacial score (nSPS) is 23.1. The predicted octanol–water partition coefficient (Wildman–Crippen LogP) is 3.13. The number of ether oxygens (including phenoxy) is 1. The van der Waals surface area contributed by atoms with Gasteiger partial charge in [-0.3, -0.25) is 9.97 Å². The Balaban J connectivity index is 1.24. The second-order valence-corrected chi connectivity index (χ2v) is 7.62. The first-order valence-corrected chi connectivity index (χ1v) is 9.44. The number of likely N-dealkylation sites (tertiary alicyclic amines) is 1. The SMILES string of the molecule is c1ccc(CCN2CCC3(CC2)CO[C@H](Cc2cnccn2)C3)cc1. The van der Waals surface area contributed by atoms with E-state index in [0.717, 1.165) is 25.1 Å².